The van der Waals surface area contributed by atoms with Gasteiger partial charge in [-0.25, -0.2) is 9.97 Å². The highest BCUT2D eigenvalue weighted by molar-refractivity contribution is 7.99. The summed E-state index contributed by atoms with van der Waals surface area (Å²) in [5.41, 5.74) is 0. The highest BCUT2D eigenvalue weighted by Gasteiger charge is 1.93. The lowest BCUT2D eigenvalue weighted by atomic mass is 10.7. The zero-order chi connectivity index (χ0) is 7.40. The Morgan fingerprint density at radius 3 is 3.00 bits per heavy atom. The van der Waals surface area contributed by atoms with E-state index in [-0.39, 0.29) is 0 Å². The fourth-order valence-electron chi connectivity index (χ4n) is 0.544. The Hall–Kier alpha value is -0.280. The van der Waals surface area contributed by atoms with Gasteiger partial charge in [0.25, 0.3) is 0 Å². The van der Waals surface area contributed by atoms with E-state index in [9.17, 15) is 0 Å². The molecule has 0 bridgehead atoms. The number of aromatic nitrogens is 2. The number of thioether (sulfide) groups is 1. The Labute approximate surface area is 69.0 Å². The second kappa shape index (κ2) is 3.78. The molecule has 0 radical (unpaired) electrons. The molecule has 0 amide bonds. The molecule has 0 fully saturated rings. The van der Waals surface area contributed by atoms with Gasteiger partial charge in [-0.05, 0) is 5.75 Å². The van der Waals surface area contributed by atoms with Crippen LogP contribution in [0.5, 0.6) is 0 Å². The van der Waals surface area contributed by atoms with Crippen molar-refractivity contribution in [3.8, 4) is 0 Å². The van der Waals surface area contributed by atoms with E-state index in [0.717, 1.165) is 10.8 Å². The minimum absolute atomic E-state index is 0.506. The van der Waals surface area contributed by atoms with E-state index in [1.165, 1.54) is 6.33 Å². The molecule has 1 aromatic rings. The van der Waals surface area contributed by atoms with Crippen molar-refractivity contribution in [2.45, 2.75) is 11.9 Å². The van der Waals surface area contributed by atoms with E-state index in [4.69, 9.17) is 11.6 Å². The van der Waals surface area contributed by atoms with Gasteiger partial charge in [0.1, 0.15) is 16.5 Å². The molecule has 0 aliphatic rings. The topological polar surface area (TPSA) is 25.8 Å². The third-order valence-corrected chi connectivity index (χ3v) is 1.92. The molecule has 0 saturated carbocycles. The zero-order valence-corrected chi connectivity index (χ0v) is 7.11. The summed E-state index contributed by atoms with van der Waals surface area (Å²) in [7, 11) is 0. The molecule has 0 N–H and O–H groups in total. The van der Waals surface area contributed by atoms with Crippen molar-refractivity contribution in [1.29, 1.82) is 0 Å². The molecular formula is C6H7ClN2S. The zero-order valence-electron chi connectivity index (χ0n) is 5.54. The lowest BCUT2D eigenvalue weighted by Gasteiger charge is -1.94. The van der Waals surface area contributed by atoms with Crippen molar-refractivity contribution in [1.82, 2.24) is 9.97 Å². The van der Waals surface area contributed by atoms with Crippen LogP contribution in [0.15, 0.2) is 17.4 Å². The summed E-state index contributed by atoms with van der Waals surface area (Å²) in [6.07, 6.45) is 1.47. The molecule has 0 spiro atoms. The number of rotatable bonds is 2. The summed E-state index contributed by atoms with van der Waals surface area (Å²) in [4.78, 5) is 7.76. The molecule has 0 saturated heterocycles. The average Bonchev–Trinajstić information content (AvgIpc) is 1.88. The first-order valence-corrected chi connectivity index (χ1v) is 4.29. The highest BCUT2D eigenvalue weighted by Crippen LogP contribution is 2.15. The first-order chi connectivity index (χ1) is 4.83. The maximum absolute atomic E-state index is 5.62. The average molecular weight is 175 g/mol. The quantitative estimate of drug-likeness (QED) is 0.508. The van der Waals surface area contributed by atoms with Crippen molar-refractivity contribution < 1.29 is 0 Å². The summed E-state index contributed by atoms with van der Waals surface area (Å²) >= 11 is 7.27. The lowest BCUT2D eigenvalue weighted by Crippen LogP contribution is -1.81. The molecule has 0 atom stereocenters. The predicted octanol–water partition coefficient (Wildman–Crippen LogP) is 2.24. The highest BCUT2D eigenvalue weighted by atomic mass is 35.5. The van der Waals surface area contributed by atoms with Gasteiger partial charge in [-0.15, -0.1) is 11.8 Å². The molecule has 1 heterocycles. The van der Waals surface area contributed by atoms with Gasteiger partial charge in [-0.3, -0.25) is 0 Å². The van der Waals surface area contributed by atoms with Crippen LogP contribution < -0.4 is 0 Å². The fourth-order valence-corrected chi connectivity index (χ4v) is 1.37. The molecule has 0 aliphatic heterocycles. The number of hydrogen-bond acceptors (Lipinski definition) is 3. The van der Waals surface area contributed by atoms with Crippen molar-refractivity contribution in [2.75, 3.05) is 5.75 Å². The second-order valence-electron chi connectivity index (χ2n) is 1.61. The molecular weight excluding hydrogens is 168 g/mol. The minimum atomic E-state index is 0.506. The van der Waals surface area contributed by atoms with Crippen molar-refractivity contribution in [3.05, 3.63) is 17.5 Å². The van der Waals surface area contributed by atoms with Gasteiger partial charge < -0.3 is 0 Å². The van der Waals surface area contributed by atoms with Crippen molar-refractivity contribution >= 4 is 23.4 Å². The second-order valence-corrected chi connectivity index (χ2v) is 3.28. The van der Waals surface area contributed by atoms with E-state index in [1.807, 2.05) is 0 Å². The summed E-state index contributed by atoms with van der Waals surface area (Å²) in [6.45, 7) is 2.07. The first-order valence-electron chi connectivity index (χ1n) is 2.93. The smallest absolute Gasteiger partial charge is 0.133 e. The van der Waals surface area contributed by atoms with E-state index >= 15 is 0 Å². The maximum Gasteiger partial charge on any atom is 0.133 e. The molecule has 0 unspecified atom stereocenters. The van der Waals surface area contributed by atoms with Crippen molar-refractivity contribution in [2.24, 2.45) is 0 Å². The van der Waals surface area contributed by atoms with Crippen LogP contribution >= 0.6 is 23.4 Å². The minimum Gasteiger partial charge on any atom is -0.230 e. The molecule has 4 heteroatoms. The van der Waals surface area contributed by atoms with Gasteiger partial charge in [0.2, 0.25) is 0 Å². The van der Waals surface area contributed by atoms with Crippen LogP contribution in [0.3, 0.4) is 0 Å². The Balaban J connectivity index is 2.75. The summed E-state index contributed by atoms with van der Waals surface area (Å²) < 4.78 is 0. The Morgan fingerprint density at radius 1 is 1.60 bits per heavy atom. The van der Waals surface area contributed by atoms with Gasteiger partial charge in [0.05, 0.1) is 0 Å². The summed E-state index contributed by atoms with van der Waals surface area (Å²) in [5, 5.41) is 1.44. The summed E-state index contributed by atoms with van der Waals surface area (Å²) in [6, 6.07) is 1.76. The number of nitrogens with zero attached hydrogens (tertiary/aromatic N) is 2. The van der Waals surface area contributed by atoms with Gasteiger partial charge in [0.15, 0.2) is 0 Å². The number of halogens is 1. The molecule has 0 aromatic carbocycles. The first kappa shape index (κ1) is 7.82. The van der Waals surface area contributed by atoms with Gasteiger partial charge in [-0.2, -0.15) is 0 Å². The molecule has 1 aromatic heterocycles. The molecule has 0 aliphatic carbocycles. The monoisotopic (exact) mass is 174 g/mol. The van der Waals surface area contributed by atoms with Gasteiger partial charge in [-0.1, -0.05) is 18.5 Å². The van der Waals surface area contributed by atoms with E-state index in [2.05, 4.69) is 16.9 Å². The predicted molar refractivity (Wildman–Crippen MR) is 43.4 cm³/mol. The maximum atomic E-state index is 5.62. The Morgan fingerprint density at radius 2 is 2.40 bits per heavy atom. The lowest BCUT2D eigenvalue weighted by molar-refractivity contribution is 1.05. The van der Waals surface area contributed by atoms with Crippen LogP contribution in [0.2, 0.25) is 5.15 Å². The van der Waals surface area contributed by atoms with Crippen LogP contribution in [0.25, 0.3) is 0 Å². The summed E-state index contributed by atoms with van der Waals surface area (Å²) in [5.74, 6) is 1.01. The molecule has 10 heavy (non-hydrogen) atoms. The molecule has 54 valence electrons. The van der Waals surface area contributed by atoms with Crippen LogP contribution in [0, 0.1) is 0 Å². The van der Waals surface area contributed by atoms with E-state index in [1.54, 1.807) is 17.8 Å². The standard InChI is InChI=1S/C6H7ClN2S/c1-2-10-6-3-5(7)8-4-9-6/h3-4H,2H2,1H3. The van der Waals surface area contributed by atoms with E-state index in [0.29, 0.717) is 5.15 Å². The van der Waals surface area contributed by atoms with Crippen molar-refractivity contribution in [3.63, 3.8) is 0 Å². The molecule has 1 rings (SSSR count). The molecule has 2 nitrogen and oxygen atoms in total. The fraction of sp³-hybridized carbons (Fsp3) is 0.333. The van der Waals surface area contributed by atoms with Crippen LogP contribution in [0.1, 0.15) is 6.92 Å². The third kappa shape index (κ3) is 2.15. The number of hydrogen-bond donors (Lipinski definition) is 0. The largest absolute Gasteiger partial charge is 0.230 e. The normalized spacial score (nSPS) is 9.80. The van der Waals surface area contributed by atoms with Crippen LogP contribution in [-0.2, 0) is 0 Å². The van der Waals surface area contributed by atoms with Gasteiger partial charge in [0, 0.05) is 6.07 Å². The third-order valence-electron chi connectivity index (χ3n) is 0.901. The van der Waals surface area contributed by atoms with Gasteiger partial charge >= 0.3 is 0 Å². The Kier molecular flexibility index (Phi) is 2.96. The SMILES string of the molecule is CCSc1cc(Cl)ncn1. The van der Waals surface area contributed by atoms with Crippen LogP contribution in [-0.4, -0.2) is 15.7 Å². The van der Waals surface area contributed by atoms with E-state index < -0.39 is 0 Å². The Bertz CT molecular complexity index is 217. The van der Waals surface area contributed by atoms with Crippen LogP contribution in [0.4, 0.5) is 0 Å².